The topological polar surface area (TPSA) is 219 Å². The molecule has 2 aliphatic heterocycles. The fourth-order valence-electron chi connectivity index (χ4n) is 11.6. The van der Waals surface area contributed by atoms with Gasteiger partial charge in [0.2, 0.25) is 0 Å². The quantitative estimate of drug-likeness (QED) is 0.143. The van der Waals surface area contributed by atoms with Gasteiger partial charge in [-0.05, 0) is 92.8 Å². The van der Waals surface area contributed by atoms with Crippen molar-refractivity contribution in [1.82, 2.24) is 0 Å². The third kappa shape index (κ3) is 7.07. The van der Waals surface area contributed by atoms with E-state index in [-0.39, 0.29) is 41.4 Å². The van der Waals surface area contributed by atoms with Crippen LogP contribution in [0, 0.1) is 46.3 Å². The largest absolute Gasteiger partial charge is 0.394 e. The number of aliphatic hydroxyl groups excluding tert-OH is 9. The Hall–Kier alpha value is -0.780. The summed E-state index contributed by atoms with van der Waals surface area (Å²) in [6.07, 6.45) is -7.91. The van der Waals surface area contributed by atoms with E-state index in [0.29, 0.717) is 25.2 Å². The number of aliphatic hydroxyl groups is 9. The van der Waals surface area contributed by atoms with Gasteiger partial charge in [0.15, 0.2) is 12.6 Å². The molecule has 0 amide bonds. The molecule has 0 aromatic rings. The normalized spacial score (nSPS) is 52.0. The van der Waals surface area contributed by atoms with Crippen LogP contribution in [0.3, 0.4) is 0 Å². The fraction of sp³-hybridized carbons (Fsp3) is 0.949. The van der Waals surface area contributed by atoms with E-state index >= 15 is 0 Å². The number of hydrogen-bond acceptors (Lipinski definition) is 13. The van der Waals surface area contributed by atoms with Crippen molar-refractivity contribution in [2.45, 2.75) is 179 Å². The van der Waals surface area contributed by atoms with Gasteiger partial charge in [-0.25, -0.2) is 0 Å². The van der Waals surface area contributed by atoms with Gasteiger partial charge in [-0.1, -0.05) is 46.3 Å². The second-order valence-electron chi connectivity index (χ2n) is 18.1. The van der Waals surface area contributed by atoms with Crippen LogP contribution in [0.15, 0.2) is 11.6 Å². The van der Waals surface area contributed by atoms with Crippen LogP contribution in [-0.4, -0.2) is 138 Å². The lowest BCUT2D eigenvalue weighted by atomic mass is 9.46. The first-order valence-corrected chi connectivity index (χ1v) is 19.8. The van der Waals surface area contributed by atoms with Gasteiger partial charge in [0, 0.05) is 11.8 Å². The molecule has 5 fully saturated rings. The summed E-state index contributed by atoms with van der Waals surface area (Å²) < 4.78 is 24.7. The van der Waals surface area contributed by atoms with E-state index in [0.717, 1.165) is 31.3 Å². The molecule has 3 saturated carbocycles. The molecule has 52 heavy (non-hydrogen) atoms. The molecule has 9 N–H and O–H groups in total. The zero-order valence-corrected chi connectivity index (χ0v) is 31.6. The zero-order chi connectivity index (χ0) is 38.0. The van der Waals surface area contributed by atoms with Crippen molar-refractivity contribution < 1.29 is 64.9 Å². The van der Waals surface area contributed by atoms with Crippen molar-refractivity contribution in [3.8, 4) is 0 Å². The predicted molar refractivity (Wildman–Crippen MR) is 187 cm³/mol. The zero-order valence-electron chi connectivity index (χ0n) is 31.6. The van der Waals surface area contributed by atoms with Gasteiger partial charge < -0.3 is 64.9 Å². The Kier molecular flexibility index (Phi) is 12.3. The molecule has 2 saturated heterocycles. The third-order valence-corrected chi connectivity index (χ3v) is 14.7. The molecule has 21 atom stereocenters. The first-order valence-electron chi connectivity index (χ1n) is 19.8. The Morgan fingerprint density at radius 2 is 1.48 bits per heavy atom. The standard InChI is InChI=1S/C39H66O13/c1-17(2)7-10-25(41)18(3)29-26(42)15-24-22-9-8-20-13-21(50-37-35(48)33(46)31(44)27(16-40)51-37)14-28(39(20,6)23(22)11-12-38(24,29)5)52-36-34(47)32(45)30(43)19(4)49-36/h8,17-19,21-37,40-48H,7,9-16H2,1-6H3/t18-,19+,21-,22-,23+,24+,25+,26+,27-,28-,29+,30+,31+,32-,33+,34-,35-,36+,37-,38+,39+/m1/s1. The summed E-state index contributed by atoms with van der Waals surface area (Å²) >= 11 is 0. The monoisotopic (exact) mass is 742 g/mol. The third-order valence-electron chi connectivity index (χ3n) is 14.7. The second-order valence-corrected chi connectivity index (χ2v) is 18.1. The fourth-order valence-corrected chi connectivity index (χ4v) is 11.6. The smallest absolute Gasteiger partial charge is 0.186 e. The summed E-state index contributed by atoms with van der Waals surface area (Å²) in [5.74, 6) is 0.953. The van der Waals surface area contributed by atoms with Gasteiger partial charge in [-0.3, -0.25) is 0 Å². The van der Waals surface area contributed by atoms with Crippen LogP contribution >= 0.6 is 0 Å². The molecular weight excluding hydrogens is 676 g/mol. The van der Waals surface area contributed by atoms with Crippen molar-refractivity contribution in [1.29, 1.82) is 0 Å². The molecular formula is C39H66O13. The molecule has 4 aliphatic carbocycles. The van der Waals surface area contributed by atoms with Gasteiger partial charge >= 0.3 is 0 Å². The Balaban J connectivity index is 1.29. The van der Waals surface area contributed by atoms with Crippen LogP contribution in [0.4, 0.5) is 0 Å². The van der Waals surface area contributed by atoms with Crippen LogP contribution in [0.5, 0.6) is 0 Å². The average Bonchev–Trinajstić information content (AvgIpc) is 3.38. The minimum atomic E-state index is -1.59. The van der Waals surface area contributed by atoms with Crippen molar-refractivity contribution in [3.05, 3.63) is 11.6 Å². The first kappa shape index (κ1) is 40.9. The maximum atomic E-state index is 11.7. The van der Waals surface area contributed by atoms with Crippen molar-refractivity contribution in [2.24, 2.45) is 46.3 Å². The molecule has 0 bridgehead atoms. The van der Waals surface area contributed by atoms with Gasteiger partial charge in [0.1, 0.15) is 42.7 Å². The molecule has 6 rings (SSSR count). The van der Waals surface area contributed by atoms with Crippen LogP contribution in [0.25, 0.3) is 0 Å². The van der Waals surface area contributed by atoms with E-state index in [1.54, 1.807) is 6.92 Å². The number of ether oxygens (including phenoxy) is 4. The maximum absolute atomic E-state index is 11.7. The van der Waals surface area contributed by atoms with Crippen LogP contribution < -0.4 is 0 Å². The Labute approximate surface area is 307 Å². The van der Waals surface area contributed by atoms with Gasteiger partial charge in [0.25, 0.3) is 0 Å². The highest BCUT2D eigenvalue weighted by Gasteiger charge is 2.64. The molecule has 0 spiro atoms. The summed E-state index contributed by atoms with van der Waals surface area (Å²) in [6.45, 7) is 11.9. The van der Waals surface area contributed by atoms with E-state index in [9.17, 15) is 46.0 Å². The minimum Gasteiger partial charge on any atom is -0.394 e. The first-order chi connectivity index (χ1) is 24.4. The van der Waals surface area contributed by atoms with Crippen molar-refractivity contribution in [2.75, 3.05) is 6.61 Å². The predicted octanol–water partition coefficient (Wildman–Crippen LogP) is 0.977. The van der Waals surface area contributed by atoms with E-state index in [2.05, 4.69) is 40.7 Å². The van der Waals surface area contributed by atoms with E-state index in [4.69, 9.17) is 18.9 Å². The second kappa shape index (κ2) is 15.6. The van der Waals surface area contributed by atoms with E-state index in [1.807, 2.05) is 0 Å². The van der Waals surface area contributed by atoms with Gasteiger partial charge in [-0.15, -0.1) is 0 Å². The Morgan fingerprint density at radius 1 is 0.827 bits per heavy atom. The number of rotatable bonds is 10. The van der Waals surface area contributed by atoms with Crippen molar-refractivity contribution >= 4 is 0 Å². The minimum absolute atomic E-state index is 0.0336. The molecule has 0 radical (unpaired) electrons. The highest BCUT2D eigenvalue weighted by molar-refractivity contribution is 5.28. The Morgan fingerprint density at radius 3 is 2.13 bits per heavy atom. The van der Waals surface area contributed by atoms with Crippen LogP contribution in [-0.2, 0) is 18.9 Å². The molecule has 0 aromatic carbocycles. The highest BCUT2D eigenvalue weighted by atomic mass is 16.7. The summed E-state index contributed by atoms with van der Waals surface area (Å²) in [4.78, 5) is 0. The molecule has 2 heterocycles. The SMILES string of the molecule is CC(C)CC[C@H](O)[C@@H](C)[C@H]1[C@@H](O)C[C@H]2[C@@H]3CC=C4C[C@@H](O[C@@H]5O[C@H](CO)[C@H](O)[C@H](O)[C@H]5O)C[C@@H](O[C@@H]5O[C@@H](C)[C@H](O)[C@@H](O)[C@H]5O)[C@]4(C)[C@H]3CC[C@]12C. The average molecular weight is 743 g/mol. The summed E-state index contributed by atoms with van der Waals surface area (Å²) in [5.41, 5.74) is 0.339. The van der Waals surface area contributed by atoms with E-state index < -0.39 is 97.8 Å². The van der Waals surface area contributed by atoms with Crippen LogP contribution in [0.2, 0.25) is 0 Å². The molecule has 0 unspecified atom stereocenters. The summed E-state index contributed by atoms with van der Waals surface area (Å²) in [6, 6.07) is 0. The number of allylic oxidation sites excluding steroid dienone is 1. The van der Waals surface area contributed by atoms with Gasteiger partial charge in [0.05, 0.1) is 37.1 Å². The van der Waals surface area contributed by atoms with Crippen LogP contribution in [0.1, 0.15) is 92.9 Å². The molecule has 6 aliphatic rings. The lowest BCUT2D eigenvalue weighted by Gasteiger charge is -2.61. The molecule has 0 aromatic heterocycles. The summed E-state index contributed by atoms with van der Waals surface area (Å²) in [5, 5.41) is 96.4. The maximum Gasteiger partial charge on any atom is 0.186 e. The summed E-state index contributed by atoms with van der Waals surface area (Å²) in [7, 11) is 0. The van der Waals surface area contributed by atoms with Gasteiger partial charge in [-0.2, -0.15) is 0 Å². The number of hydrogen-bond donors (Lipinski definition) is 9. The lowest BCUT2D eigenvalue weighted by Crippen LogP contribution is -2.62. The molecule has 300 valence electrons. The highest BCUT2D eigenvalue weighted by Crippen LogP contribution is 2.68. The lowest BCUT2D eigenvalue weighted by molar-refractivity contribution is -0.331. The Bertz CT molecular complexity index is 1250. The van der Waals surface area contributed by atoms with Crippen molar-refractivity contribution in [3.63, 3.8) is 0 Å². The molecule has 13 nitrogen and oxygen atoms in total. The van der Waals surface area contributed by atoms with E-state index in [1.165, 1.54) is 0 Å². The number of fused-ring (bicyclic) bond motifs is 5. The molecule has 13 heteroatoms.